The van der Waals surface area contributed by atoms with Crippen molar-refractivity contribution >= 4 is 49.8 Å². The van der Waals surface area contributed by atoms with Crippen LogP contribution in [0.2, 0.25) is 0 Å². The van der Waals surface area contributed by atoms with Crippen molar-refractivity contribution in [2.75, 3.05) is 4.90 Å². The summed E-state index contributed by atoms with van der Waals surface area (Å²) in [6, 6.07) is 72.6. The van der Waals surface area contributed by atoms with Gasteiger partial charge in [0.1, 0.15) is 11.2 Å². The second kappa shape index (κ2) is 13.0. The summed E-state index contributed by atoms with van der Waals surface area (Å²) in [5.74, 6) is 0. The molecule has 0 saturated heterocycles. The van der Waals surface area contributed by atoms with E-state index in [-0.39, 0.29) is 5.41 Å². The minimum Gasteiger partial charge on any atom is -0.455 e. The van der Waals surface area contributed by atoms with E-state index in [1.54, 1.807) is 0 Å². The summed E-state index contributed by atoms with van der Waals surface area (Å²) in [6.07, 6.45) is 0. The number of hydrogen-bond acceptors (Lipinski definition) is 2. The Bertz CT molecular complexity index is 3130. The van der Waals surface area contributed by atoms with E-state index in [0.717, 1.165) is 55.7 Å². The summed E-state index contributed by atoms with van der Waals surface area (Å²) < 4.78 is 6.64. The fourth-order valence-electron chi connectivity index (χ4n) is 9.08. The topological polar surface area (TPSA) is 16.4 Å². The Hall–Kier alpha value is -7.16. The Labute approximate surface area is 332 Å². The van der Waals surface area contributed by atoms with Gasteiger partial charge in [0.05, 0.1) is 0 Å². The molecule has 1 aliphatic carbocycles. The van der Waals surface area contributed by atoms with Crippen LogP contribution in [0.25, 0.3) is 77.2 Å². The standard InChI is InChI=1S/C55H39NO/c1-55(2)51-18-10-8-16-46(51)47-31-30-45(35-52(47)55)56(44-29-24-37-14-6-7-15-41(37)32-44)43-27-25-40(26-28-43)49-33-42(34-50-48-17-9-11-19-53(48)57-54(49)50)39-22-20-38(21-23-39)36-12-4-3-5-13-36/h3-35H,1-2H3. The van der Waals surface area contributed by atoms with Crippen LogP contribution in [0.4, 0.5) is 17.1 Å². The summed E-state index contributed by atoms with van der Waals surface area (Å²) in [4.78, 5) is 2.40. The van der Waals surface area contributed by atoms with Crippen molar-refractivity contribution in [3.8, 4) is 44.5 Å². The van der Waals surface area contributed by atoms with E-state index in [2.05, 4.69) is 213 Å². The van der Waals surface area contributed by atoms with Crippen LogP contribution in [0.5, 0.6) is 0 Å². The highest BCUT2D eigenvalue weighted by Gasteiger charge is 2.35. The van der Waals surface area contributed by atoms with Gasteiger partial charge in [-0.05, 0) is 115 Å². The lowest BCUT2D eigenvalue weighted by atomic mass is 9.82. The molecule has 0 N–H and O–H groups in total. The van der Waals surface area contributed by atoms with Crippen LogP contribution in [-0.4, -0.2) is 0 Å². The molecule has 57 heavy (non-hydrogen) atoms. The van der Waals surface area contributed by atoms with E-state index in [0.29, 0.717) is 0 Å². The van der Waals surface area contributed by atoms with Gasteiger partial charge in [-0.1, -0.05) is 159 Å². The van der Waals surface area contributed by atoms with Crippen LogP contribution in [0, 0.1) is 0 Å². The predicted octanol–water partition coefficient (Wildman–Crippen LogP) is 15.5. The van der Waals surface area contributed by atoms with Crippen LogP contribution >= 0.6 is 0 Å². The minimum absolute atomic E-state index is 0.105. The molecule has 10 aromatic rings. The van der Waals surface area contributed by atoms with Crippen LogP contribution < -0.4 is 4.90 Å². The van der Waals surface area contributed by atoms with Crippen molar-refractivity contribution in [3.05, 3.63) is 211 Å². The number of anilines is 3. The zero-order chi connectivity index (χ0) is 38.1. The second-order valence-electron chi connectivity index (χ2n) is 15.8. The van der Waals surface area contributed by atoms with Gasteiger partial charge in [-0.15, -0.1) is 0 Å². The fraction of sp³-hybridized carbons (Fsp3) is 0.0545. The molecular weight excluding hydrogens is 691 g/mol. The van der Waals surface area contributed by atoms with Gasteiger partial charge in [0, 0.05) is 38.8 Å². The third kappa shape index (κ3) is 5.48. The van der Waals surface area contributed by atoms with Crippen molar-refractivity contribution in [3.63, 3.8) is 0 Å². The van der Waals surface area contributed by atoms with Gasteiger partial charge in [0.2, 0.25) is 0 Å². The van der Waals surface area contributed by atoms with Crippen molar-refractivity contribution in [2.24, 2.45) is 0 Å². The molecule has 0 radical (unpaired) electrons. The Morgan fingerprint density at radius 2 is 0.965 bits per heavy atom. The maximum atomic E-state index is 6.64. The highest BCUT2D eigenvalue weighted by Crippen LogP contribution is 2.51. The smallest absolute Gasteiger partial charge is 0.143 e. The number of hydrogen-bond donors (Lipinski definition) is 0. The molecule has 11 rings (SSSR count). The quantitative estimate of drug-likeness (QED) is 0.169. The number of furan rings is 1. The first-order valence-electron chi connectivity index (χ1n) is 19.7. The molecule has 0 unspecified atom stereocenters. The lowest BCUT2D eigenvalue weighted by Gasteiger charge is -2.28. The summed E-state index contributed by atoms with van der Waals surface area (Å²) in [7, 11) is 0. The van der Waals surface area contributed by atoms with Crippen LogP contribution in [-0.2, 0) is 5.41 Å². The van der Waals surface area contributed by atoms with E-state index in [4.69, 9.17) is 4.42 Å². The van der Waals surface area contributed by atoms with Crippen molar-refractivity contribution in [2.45, 2.75) is 19.3 Å². The minimum atomic E-state index is -0.105. The first-order chi connectivity index (χ1) is 28.0. The van der Waals surface area contributed by atoms with Crippen molar-refractivity contribution in [1.29, 1.82) is 0 Å². The first kappa shape index (κ1) is 33.2. The number of fused-ring (bicyclic) bond motifs is 7. The molecule has 0 aliphatic heterocycles. The highest BCUT2D eigenvalue weighted by atomic mass is 16.3. The van der Waals surface area contributed by atoms with Gasteiger partial charge in [-0.2, -0.15) is 0 Å². The molecule has 1 heterocycles. The molecule has 2 heteroatoms. The number of benzene rings is 9. The molecule has 9 aromatic carbocycles. The molecule has 0 spiro atoms. The van der Waals surface area contributed by atoms with E-state index in [1.165, 1.54) is 49.7 Å². The number of nitrogens with zero attached hydrogens (tertiary/aromatic N) is 1. The molecule has 0 bridgehead atoms. The number of para-hydroxylation sites is 1. The monoisotopic (exact) mass is 729 g/mol. The Morgan fingerprint density at radius 3 is 1.79 bits per heavy atom. The van der Waals surface area contributed by atoms with Gasteiger partial charge in [0.15, 0.2) is 0 Å². The summed E-state index contributed by atoms with van der Waals surface area (Å²) >= 11 is 0. The van der Waals surface area contributed by atoms with Gasteiger partial charge in [-0.3, -0.25) is 0 Å². The maximum Gasteiger partial charge on any atom is 0.143 e. The van der Waals surface area contributed by atoms with E-state index in [9.17, 15) is 0 Å². The van der Waals surface area contributed by atoms with E-state index < -0.39 is 0 Å². The second-order valence-corrected chi connectivity index (χ2v) is 15.8. The Balaban J connectivity index is 1.04. The van der Waals surface area contributed by atoms with E-state index >= 15 is 0 Å². The Morgan fingerprint density at radius 1 is 0.368 bits per heavy atom. The molecule has 2 nitrogen and oxygen atoms in total. The SMILES string of the molecule is CC1(C)c2ccccc2-c2ccc(N(c3ccc(-c4cc(-c5ccc(-c6ccccc6)cc5)cc5c4oc4ccccc45)cc3)c3ccc4ccccc4c3)cc21. The lowest BCUT2D eigenvalue weighted by molar-refractivity contribution is 0.660. The average Bonchev–Trinajstić information content (AvgIpc) is 3.76. The predicted molar refractivity (Wildman–Crippen MR) is 240 cm³/mol. The maximum absolute atomic E-state index is 6.64. The molecular formula is C55H39NO. The highest BCUT2D eigenvalue weighted by molar-refractivity contribution is 6.11. The molecule has 1 aliphatic rings. The molecule has 270 valence electrons. The lowest BCUT2D eigenvalue weighted by Crippen LogP contribution is -2.16. The van der Waals surface area contributed by atoms with Crippen molar-refractivity contribution in [1.82, 2.24) is 0 Å². The number of rotatable bonds is 6. The summed E-state index contributed by atoms with van der Waals surface area (Å²) in [5.41, 5.74) is 17.4. The van der Waals surface area contributed by atoms with Gasteiger partial charge >= 0.3 is 0 Å². The zero-order valence-corrected chi connectivity index (χ0v) is 31.9. The zero-order valence-electron chi connectivity index (χ0n) is 31.9. The van der Waals surface area contributed by atoms with Crippen molar-refractivity contribution < 1.29 is 4.42 Å². The van der Waals surface area contributed by atoms with Crippen LogP contribution in [0.3, 0.4) is 0 Å². The van der Waals surface area contributed by atoms with Gasteiger partial charge in [-0.25, -0.2) is 0 Å². The summed E-state index contributed by atoms with van der Waals surface area (Å²) in [6.45, 7) is 4.70. The van der Waals surface area contributed by atoms with Gasteiger partial charge in [0.25, 0.3) is 0 Å². The third-order valence-corrected chi connectivity index (χ3v) is 12.1. The molecule has 0 amide bonds. The average molecular weight is 730 g/mol. The van der Waals surface area contributed by atoms with Gasteiger partial charge < -0.3 is 9.32 Å². The first-order valence-corrected chi connectivity index (χ1v) is 19.7. The summed E-state index contributed by atoms with van der Waals surface area (Å²) in [5, 5.41) is 4.68. The van der Waals surface area contributed by atoms with Crippen LogP contribution in [0.1, 0.15) is 25.0 Å². The molecule has 0 fully saturated rings. The molecule has 0 saturated carbocycles. The van der Waals surface area contributed by atoms with E-state index in [1.807, 2.05) is 6.07 Å². The third-order valence-electron chi connectivity index (χ3n) is 12.1. The van der Waals surface area contributed by atoms with Crippen LogP contribution in [0.15, 0.2) is 205 Å². The molecule has 1 aromatic heterocycles. The normalized spacial score (nSPS) is 12.9. The Kier molecular flexibility index (Phi) is 7.55. The molecule has 0 atom stereocenters. The largest absolute Gasteiger partial charge is 0.455 e. The fourth-order valence-corrected chi connectivity index (χ4v) is 9.08.